The first-order valence-electron chi connectivity index (χ1n) is 6.29. The van der Waals surface area contributed by atoms with E-state index in [1.54, 1.807) is 6.26 Å². The van der Waals surface area contributed by atoms with Gasteiger partial charge in [-0.3, -0.25) is 0 Å². The lowest BCUT2D eigenvalue weighted by atomic mass is 10.1. The molecule has 0 aliphatic carbocycles. The Balaban J connectivity index is 2.23. The molecule has 0 spiro atoms. The summed E-state index contributed by atoms with van der Waals surface area (Å²) < 4.78 is 5.40. The highest BCUT2D eigenvalue weighted by molar-refractivity contribution is 7.80. The average Bonchev–Trinajstić information content (AvgIpc) is 2.88. The van der Waals surface area contributed by atoms with Crippen LogP contribution in [-0.2, 0) is 6.54 Å². The van der Waals surface area contributed by atoms with Gasteiger partial charge in [0, 0.05) is 17.8 Å². The molecule has 0 bridgehead atoms. The molecule has 0 aliphatic rings. The van der Waals surface area contributed by atoms with Crippen molar-refractivity contribution in [2.75, 3.05) is 11.4 Å². The molecule has 0 atom stereocenters. The minimum atomic E-state index is 0.443. The van der Waals surface area contributed by atoms with Gasteiger partial charge in [-0.1, -0.05) is 12.2 Å². The van der Waals surface area contributed by atoms with Crippen molar-refractivity contribution in [3.63, 3.8) is 0 Å². The lowest BCUT2D eigenvalue weighted by molar-refractivity contribution is 0.503. The Morgan fingerprint density at radius 1 is 1.37 bits per heavy atom. The second kappa shape index (κ2) is 5.89. The van der Waals surface area contributed by atoms with Gasteiger partial charge in [0.1, 0.15) is 10.7 Å². The van der Waals surface area contributed by atoms with Crippen molar-refractivity contribution in [1.82, 2.24) is 0 Å². The average molecular weight is 274 g/mol. The first-order chi connectivity index (χ1) is 9.11. The number of aryl methyl sites for hydroxylation is 1. The number of furan rings is 1. The zero-order valence-electron chi connectivity index (χ0n) is 11.2. The molecule has 3 nitrogen and oxygen atoms in total. The van der Waals surface area contributed by atoms with Gasteiger partial charge in [0.15, 0.2) is 0 Å². The predicted octanol–water partition coefficient (Wildman–Crippen LogP) is 3.25. The quantitative estimate of drug-likeness (QED) is 0.850. The number of thiocarbonyl (C=S) groups is 1. The number of rotatable bonds is 5. The molecule has 0 radical (unpaired) electrons. The zero-order chi connectivity index (χ0) is 13.8. The lowest BCUT2D eigenvalue weighted by Gasteiger charge is -2.23. The van der Waals surface area contributed by atoms with E-state index >= 15 is 0 Å². The maximum absolute atomic E-state index is 5.69. The Labute approximate surface area is 119 Å². The van der Waals surface area contributed by atoms with Crippen LogP contribution in [0.3, 0.4) is 0 Å². The first-order valence-corrected chi connectivity index (χ1v) is 6.70. The third-order valence-corrected chi connectivity index (χ3v) is 3.37. The van der Waals surface area contributed by atoms with Crippen LogP contribution in [0.5, 0.6) is 0 Å². The van der Waals surface area contributed by atoms with Crippen molar-refractivity contribution in [2.45, 2.75) is 20.4 Å². The van der Waals surface area contributed by atoms with Crippen molar-refractivity contribution in [3.8, 4) is 0 Å². The van der Waals surface area contributed by atoms with Crippen molar-refractivity contribution in [1.29, 1.82) is 0 Å². The molecule has 2 aromatic rings. The molecule has 19 heavy (non-hydrogen) atoms. The van der Waals surface area contributed by atoms with Crippen LogP contribution in [0.4, 0.5) is 5.69 Å². The molecular weight excluding hydrogens is 256 g/mol. The van der Waals surface area contributed by atoms with E-state index in [0.29, 0.717) is 4.99 Å². The molecule has 2 N–H and O–H groups in total. The zero-order valence-corrected chi connectivity index (χ0v) is 12.0. The van der Waals surface area contributed by atoms with Crippen LogP contribution in [0.1, 0.15) is 23.8 Å². The van der Waals surface area contributed by atoms with E-state index < -0.39 is 0 Å². The Kier molecular flexibility index (Phi) is 4.22. The highest BCUT2D eigenvalue weighted by Gasteiger charge is 2.09. The molecule has 1 aromatic carbocycles. The summed E-state index contributed by atoms with van der Waals surface area (Å²) in [6, 6.07) is 10.0. The standard InChI is InChI=1S/C15H18N2OS/c1-3-17(10-13-5-4-8-18-13)12-6-7-14(15(16)19)11(2)9-12/h4-9H,3,10H2,1-2H3,(H2,16,19). The van der Waals surface area contributed by atoms with Gasteiger partial charge >= 0.3 is 0 Å². The van der Waals surface area contributed by atoms with Gasteiger partial charge in [-0.25, -0.2) is 0 Å². The van der Waals surface area contributed by atoms with Crippen LogP contribution >= 0.6 is 12.2 Å². The molecule has 1 aromatic heterocycles. The largest absolute Gasteiger partial charge is 0.467 e. The Morgan fingerprint density at radius 3 is 2.68 bits per heavy atom. The van der Waals surface area contributed by atoms with Crippen LogP contribution in [-0.4, -0.2) is 11.5 Å². The summed E-state index contributed by atoms with van der Waals surface area (Å²) in [5.41, 5.74) is 8.87. The van der Waals surface area contributed by atoms with E-state index in [2.05, 4.69) is 17.9 Å². The SMILES string of the molecule is CCN(Cc1ccco1)c1ccc(C(N)=S)c(C)c1. The molecule has 0 saturated carbocycles. The van der Waals surface area contributed by atoms with Crippen molar-refractivity contribution < 1.29 is 4.42 Å². The molecule has 0 fully saturated rings. The van der Waals surface area contributed by atoms with Crippen LogP contribution in [0.2, 0.25) is 0 Å². The topological polar surface area (TPSA) is 42.4 Å². The number of benzene rings is 1. The van der Waals surface area contributed by atoms with E-state index in [4.69, 9.17) is 22.4 Å². The maximum atomic E-state index is 5.69. The van der Waals surface area contributed by atoms with Crippen LogP contribution in [0.15, 0.2) is 41.0 Å². The highest BCUT2D eigenvalue weighted by atomic mass is 32.1. The van der Waals surface area contributed by atoms with E-state index in [0.717, 1.165) is 35.7 Å². The number of hydrogen-bond donors (Lipinski definition) is 1. The van der Waals surface area contributed by atoms with Crippen LogP contribution in [0.25, 0.3) is 0 Å². The Bertz CT molecular complexity index is 564. The molecule has 0 unspecified atom stereocenters. The third-order valence-electron chi connectivity index (χ3n) is 3.15. The summed E-state index contributed by atoms with van der Waals surface area (Å²) in [4.78, 5) is 2.69. The summed E-state index contributed by atoms with van der Waals surface area (Å²) in [5, 5.41) is 0. The van der Waals surface area contributed by atoms with Crippen LogP contribution in [0, 0.1) is 6.92 Å². The Morgan fingerprint density at radius 2 is 2.16 bits per heavy atom. The van der Waals surface area contributed by atoms with Gasteiger partial charge < -0.3 is 15.1 Å². The van der Waals surface area contributed by atoms with Gasteiger partial charge in [0.05, 0.1) is 12.8 Å². The molecule has 0 saturated heterocycles. The van der Waals surface area contributed by atoms with E-state index in [1.807, 2.05) is 31.2 Å². The Hall–Kier alpha value is -1.81. The first kappa shape index (κ1) is 13.6. The molecular formula is C15H18N2OS. The summed E-state index contributed by atoms with van der Waals surface area (Å²) in [5.74, 6) is 0.956. The fourth-order valence-corrected chi connectivity index (χ4v) is 2.33. The predicted molar refractivity (Wildman–Crippen MR) is 82.5 cm³/mol. The van der Waals surface area contributed by atoms with Crippen molar-refractivity contribution in [2.24, 2.45) is 5.73 Å². The van der Waals surface area contributed by atoms with E-state index in [9.17, 15) is 0 Å². The molecule has 0 amide bonds. The second-order valence-electron chi connectivity index (χ2n) is 4.46. The normalized spacial score (nSPS) is 10.4. The molecule has 4 heteroatoms. The van der Waals surface area contributed by atoms with Gasteiger partial charge in [0.25, 0.3) is 0 Å². The number of nitrogens with zero attached hydrogens (tertiary/aromatic N) is 1. The van der Waals surface area contributed by atoms with Gasteiger partial charge in [-0.05, 0) is 49.7 Å². The minimum absolute atomic E-state index is 0.443. The van der Waals surface area contributed by atoms with Crippen molar-refractivity contribution in [3.05, 3.63) is 53.5 Å². The van der Waals surface area contributed by atoms with Crippen molar-refractivity contribution >= 4 is 22.9 Å². The number of anilines is 1. The molecule has 1 heterocycles. The monoisotopic (exact) mass is 274 g/mol. The lowest BCUT2D eigenvalue weighted by Crippen LogP contribution is -2.22. The summed E-state index contributed by atoms with van der Waals surface area (Å²) in [6.45, 7) is 5.82. The van der Waals surface area contributed by atoms with Gasteiger partial charge in [0.2, 0.25) is 0 Å². The molecule has 100 valence electrons. The van der Waals surface area contributed by atoms with Crippen LogP contribution < -0.4 is 10.6 Å². The summed E-state index contributed by atoms with van der Waals surface area (Å²) in [7, 11) is 0. The van der Waals surface area contributed by atoms with Gasteiger partial charge in [-0.2, -0.15) is 0 Å². The maximum Gasteiger partial charge on any atom is 0.123 e. The fraction of sp³-hybridized carbons (Fsp3) is 0.267. The minimum Gasteiger partial charge on any atom is -0.467 e. The number of nitrogens with two attached hydrogens (primary N) is 1. The fourth-order valence-electron chi connectivity index (χ4n) is 2.10. The van der Waals surface area contributed by atoms with E-state index in [-0.39, 0.29) is 0 Å². The van der Waals surface area contributed by atoms with E-state index in [1.165, 1.54) is 0 Å². The van der Waals surface area contributed by atoms with Gasteiger partial charge in [-0.15, -0.1) is 0 Å². The summed E-state index contributed by atoms with van der Waals surface area (Å²) in [6.07, 6.45) is 1.70. The number of hydrogen-bond acceptors (Lipinski definition) is 3. The highest BCUT2D eigenvalue weighted by Crippen LogP contribution is 2.21. The summed E-state index contributed by atoms with van der Waals surface area (Å²) >= 11 is 5.03. The molecule has 0 aliphatic heterocycles. The third kappa shape index (κ3) is 3.15. The molecule has 2 rings (SSSR count). The smallest absolute Gasteiger partial charge is 0.123 e. The second-order valence-corrected chi connectivity index (χ2v) is 4.90.